The van der Waals surface area contributed by atoms with E-state index in [9.17, 15) is 14.4 Å². The summed E-state index contributed by atoms with van der Waals surface area (Å²) in [4.78, 5) is 34.2. The molecule has 0 aromatic carbocycles. The first-order chi connectivity index (χ1) is 10.4. The van der Waals surface area contributed by atoms with Gasteiger partial charge in [-0.15, -0.1) is 10.2 Å². The summed E-state index contributed by atoms with van der Waals surface area (Å²) in [6, 6.07) is 0. The number of carbonyl (C=O) groups is 3. The van der Waals surface area contributed by atoms with Crippen LogP contribution in [0.15, 0.2) is 5.16 Å². The Kier molecular flexibility index (Phi) is 6.83. The lowest BCUT2D eigenvalue weighted by Gasteiger charge is -2.10. The second-order valence-electron chi connectivity index (χ2n) is 4.18. The molecular formula is C12H18N4O5S. The summed E-state index contributed by atoms with van der Waals surface area (Å²) in [5, 5.41) is 9.76. The fourth-order valence-electron chi connectivity index (χ4n) is 1.41. The highest BCUT2D eigenvalue weighted by Gasteiger charge is 2.21. The number of nitrogens with zero attached hydrogens (tertiary/aromatic N) is 3. The molecular weight excluding hydrogens is 312 g/mol. The Morgan fingerprint density at radius 3 is 2.64 bits per heavy atom. The monoisotopic (exact) mass is 330 g/mol. The lowest BCUT2D eigenvalue weighted by Crippen LogP contribution is -2.36. The Morgan fingerprint density at radius 1 is 1.36 bits per heavy atom. The Labute approximate surface area is 131 Å². The van der Waals surface area contributed by atoms with Crippen LogP contribution in [-0.4, -0.2) is 51.7 Å². The molecule has 1 rings (SSSR count). The highest BCUT2D eigenvalue weighted by Crippen LogP contribution is 2.21. The fourth-order valence-corrected chi connectivity index (χ4v) is 2.24. The average Bonchev–Trinajstić information content (AvgIpc) is 2.80. The minimum Gasteiger partial charge on any atom is -0.466 e. The number of hydrogen-bond donors (Lipinski definition) is 1. The normalized spacial score (nSPS) is 11.6. The van der Waals surface area contributed by atoms with Gasteiger partial charge >= 0.3 is 12.1 Å². The lowest BCUT2D eigenvalue weighted by atomic mass is 10.4. The molecule has 1 heterocycles. The third kappa shape index (κ3) is 5.02. The molecule has 1 aromatic heterocycles. The molecule has 0 aliphatic carbocycles. The van der Waals surface area contributed by atoms with E-state index in [2.05, 4.69) is 20.3 Å². The number of hydrogen-bond acceptors (Lipinski definition) is 8. The Balaban J connectivity index is 2.66. The summed E-state index contributed by atoms with van der Waals surface area (Å²) < 4.78 is 10.8. The van der Waals surface area contributed by atoms with E-state index in [0.29, 0.717) is 17.6 Å². The number of ether oxygens (including phenoxy) is 2. The van der Waals surface area contributed by atoms with Crippen molar-refractivity contribution in [2.45, 2.75) is 30.7 Å². The van der Waals surface area contributed by atoms with Crippen LogP contribution in [0.1, 0.15) is 19.7 Å². The number of aromatic nitrogens is 3. The van der Waals surface area contributed by atoms with Gasteiger partial charge < -0.3 is 14.0 Å². The molecule has 2 amide bonds. The molecule has 0 unspecified atom stereocenters. The first-order valence-electron chi connectivity index (χ1n) is 6.48. The largest absolute Gasteiger partial charge is 0.466 e. The Hall–Kier alpha value is -2.10. The Bertz CT molecular complexity index is 560. The van der Waals surface area contributed by atoms with E-state index in [4.69, 9.17) is 4.74 Å². The standard InChI is InChI=1S/C12H18N4O5S/c1-5-21-9(17)6-8-14-15-11(16(8)3)22-7(2)10(18)13-12(19)20-4/h7H,5-6H2,1-4H3,(H,13,18,19)/t7-/m0/s1. The molecule has 0 saturated carbocycles. The third-order valence-corrected chi connectivity index (χ3v) is 3.73. The molecule has 0 bridgehead atoms. The van der Waals surface area contributed by atoms with Gasteiger partial charge in [0.05, 0.1) is 19.0 Å². The van der Waals surface area contributed by atoms with Crippen LogP contribution in [-0.2, 0) is 32.5 Å². The maximum Gasteiger partial charge on any atom is 0.413 e. The quantitative estimate of drug-likeness (QED) is 0.585. The van der Waals surface area contributed by atoms with E-state index >= 15 is 0 Å². The number of imide groups is 1. The van der Waals surface area contributed by atoms with Gasteiger partial charge in [-0.3, -0.25) is 14.9 Å². The van der Waals surface area contributed by atoms with Crippen molar-refractivity contribution < 1.29 is 23.9 Å². The zero-order valence-corrected chi connectivity index (χ0v) is 13.6. The number of amides is 2. The second-order valence-corrected chi connectivity index (χ2v) is 5.49. The summed E-state index contributed by atoms with van der Waals surface area (Å²) in [6.45, 7) is 3.63. The minimum atomic E-state index is -0.821. The zero-order chi connectivity index (χ0) is 16.7. The van der Waals surface area contributed by atoms with Gasteiger partial charge in [-0.1, -0.05) is 11.8 Å². The highest BCUT2D eigenvalue weighted by atomic mass is 32.2. The average molecular weight is 330 g/mol. The zero-order valence-electron chi connectivity index (χ0n) is 12.8. The second kappa shape index (κ2) is 8.37. The molecule has 0 saturated heterocycles. The summed E-state index contributed by atoms with van der Waals surface area (Å²) >= 11 is 1.11. The number of nitrogens with one attached hydrogen (secondary N) is 1. The van der Waals surface area contributed by atoms with E-state index in [0.717, 1.165) is 11.8 Å². The van der Waals surface area contributed by atoms with Crippen LogP contribution in [0.3, 0.4) is 0 Å². The molecule has 1 aromatic rings. The first kappa shape index (κ1) is 18.0. The van der Waals surface area contributed by atoms with Gasteiger partial charge in [-0.2, -0.15) is 0 Å². The van der Waals surface area contributed by atoms with Crippen molar-refractivity contribution in [3.8, 4) is 0 Å². The smallest absolute Gasteiger partial charge is 0.413 e. The molecule has 22 heavy (non-hydrogen) atoms. The van der Waals surface area contributed by atoms with Crippen molar-refractivity contribution >= 4 is 29.7 Å². The maximum atomic E-state index is 11.7. The molecule has 10 heteroatoms. The van der Waals surface area contributed by atoms with Gasteiger partial charge in [0.25, 0.3) is 0 Å². The van der Waals surface area contributed by atoms with Gasteiger partial charge in [0, 0.05) is 7.05 Å². The van der Waals surface area contributed by atoms with Crippen molar-refractivity contribution in [1.82, 2.24) is 20.1 Å². The number of rotatable bonds is 6. The van der Waals surface area contributed by atoms with Crippen LogP contribution >= 0.6 is 11.8 Å². The van der Waals surface area contributed by atoms with Crippen LogP contribution < -0.4 is 5.32 Å². The molecule has 0 spiro atoms. The van der Waals surface area contributed by atoms with E-state index in [1.165, 1.54) is 7.11 Å². The molecule has 0 fully saturated rings. The fraction of sp³-hybridized carbons (Fsp3) is 0.583. The Morgan fingerprint density at radius 2 is 2.05 bits per heavy atom. The lowest BCUT2D eigenvalue weighted by molar-refractivity contribution is -0.142. The van der Waals surface area contributed by atoms with Crippen LogP contribution in [0.2, 0.25) is 0 Å². The number of methoxy groups -OCH3 is 1. The molecule has 0 aliphatic heterocycles. The van der Waals surface area contributed by atoms with Gasteiger partial charge in [0.2, 0.25) is 5.91 Å². The molecule has 0 aliphatic rings. The van der Waals surface area contributed by atoms with E-state index in [1.807, 2.05) is 0 Å². The molecule has 9 nitrogen and oxygen atoms in total. The molecule has 0 radical (unpaired) electrons. The van der Waals surface area contributed by atoms with E-state index < -0.39 is 23.2 Å². The van der Waals surface area contributed by atoms with Crippen LogP contribution in [0, 0.1) is 0 Å². The summed E-state index contributed by atoms with van der Waals surface area (Å²) in [5.74, 6) is -0.473. The summed E-state index contributed by atoms with van der Waals surface area (Å²) in [6.07, 6.45) is -0.820. The minimum absolute atomic E-state index is 0.000633. The first-order valence-corrected chi connectivity index (χ1v) is 7.36. The predicted molar refractivity (Wildman–Crippen MR) is 77.2 cm³/mol. The molecule has 122 valence electrons. The van der Waals surface area contributed by atoms with Gasteiger partial charge in [-0.05, 0) is 13.8 Å². The predicted octanol–water partition coefficient (Wildman–Crippen LogP) is 0.284. The van der Waals surface area contributed by atoms with Gasteiger partial charge in [-0.25, -0.2) is 4.79 Å². The summed E-state index contributed by atoms with van der Waals surface area (Å²) in [5.41, 5.74) is 0. The SMILES string of the molecule is CCOC(=O)Cc1nnc(S[C@@H](C)C(=O)NC(=O)OC)n1C. The van der Waals surface area contributed by atoms with Crippen molar-refractivity contribution in [3.63, 3.8) is 0 Å². The van der Waals surface area contributed by atoms with Crippen LogP contribution in [0.25, 0.3) is 0 Å². The van der Waals surface area contributed by atoms with E-state index in [-0.39, 0.29) is 6.42 Å². The number of alkyl carbamates (subject to hydrolysis) is 1. The van der Waals surface area contributed by atoms with Crippen molar-refractivity contribution in [2.24, 2.45) is 7.05 Å². The number of thioether (sulfide) groups is 1. The van der Waals surface area contributed by atoms with Crippen molar-refractivity contribution in [1.29, 1.82) is 0 Å². The van der Waals surface area contributed by atoms with Crippen LogP contribution in [0.5, 0.6) is 0 Å². The highest BCUT2D eigenvalue weighted by molar-refractivity contribution is 8.00. The number of carbonyl (C=O) groups excluding carboxylic acids is 3. The number of esters is 1. The third-order valence-electron chi connectivity index (χ3n) is 2.59. The van der Waals surface area contributed by atoms with E-state index in [1.54, 1.807) is 25.5 Å². The van der Waals surface area contributed by atoms with Crippen molar-refractivity contribution in [2.75, 3.05) is 13.7 Å². The van der Waals surface area contributed by atoms with Crippen molar-refractivity contribution in [3.05, 3.63) is 5.82 Å². The van der Waals surface area contributed by atoms with Gasteiger partial charge in [0.1, 0.15) is 12.2 Å². The molecule has 1 atom stereocenters. The van der Waals surface area contributed by atoms with Crippen LogP contribution in [0.4, 0.5) is 4.79 Å². The maximum absolute atomic E-state index is 11.7. The summed E-state index contributed by atoms with van der Waals surface area (Å²) in [7, 11) is 2.85. The molecule has 1 N–H and O–H groups in total. The topological polar surface area (TPSA) is 112 Å². The van der Waals surface area contributed by atoms with Gasteiger partial charge in [0.15, 0.2) is 5.16 Å².